The van der Waals surface area contributed by atoms with E-state index in [1.165, 1.54) is 0 Å². The number of aryl methyl sites for hydroxylation is 1. The number of nitriles is 1. The van der Waals surface area contributed by atoms with Gasteiger partial charge in [-0.05, 0) is 42.3 Å². The van der Waals surface area contributed by atoms with Crippen molar-refractivity contribution in [2.24, 2.45) is 0 Å². The Balaban J connectivity index is 1.52. The van der Waals surface area contributed by atoms with Crippen LogP contribution in [0.4, 0.5) is 0 Å². The second-order valence-corrected chi connectivity index (χ2v) is 8.47. The van der Waals surface area contributed by atoms with Crippen LogP contribution in [0.15, 0.2) is 42.5 Å². The molecule has 0 saturated carbocycles. The standard InChI is InChI=1S/C24H23ClN4O/c1-14(2)23-27-21(22(25)28-23)20-10-18(7-4-15(20)3)24(30)29-12-19(13-29)17-8-5-16(11-26)6-9-17/h4-10,14,19H,12-13H2,1-3H3,(H,27,28). The van der Waals surface area contributed by atoms with E-state index in [0.29, 0.717) is 35.3 Å². The monoisotopic (exact) mass is 418 g/mol. The molecular formula is C24H23ClN4O. The van der Waals surface area contributed by atoms with Crippen LogP contribution in [0.1, 0.15) is 58.6 Å². The number of nitrogens with one attached hydrogen (secondary N) is 1. The predicted molar refractivity (Wildman–Crippen MR) is 118 cm³/mol. The van der Waals surface area contributed by atoms with Crippen LogP contribution in [-0.2, 0) is 0 Å². The molecule has 0 spiro atoms. The van der Waals surface area contributed by atoms with Crippen LogP contribution in [0.5, 0.6) is 0 Å². The average molecular weight is 419 g/mol. The number of aromatic nitrogens is 2. The van der Waals surface area contributed by atoms with Gasteiger partial charge in [-0.3, -0.25) is 4.79 Å². The Bertz CT molecular complexity index is 1140. The Morgan fingerprint density at radius 3 is 2.53 bits per heavy atom. The number of carbonyl (C=O) groups is 1. The summed E-state index contributed by atoms with van der Waals surface area (Å²) in [4.78, 5) is 22.6. The number of aromatic amines is 1. The highest BCUT2D eigenvalue weighted by Crippen LogP contribution is 2.33. The molecule has 4 rings (SSSR count). The van der Waals surface area contributed by atoms with Crippen molar-refractivity contribution in [3.05, 3.63) is 75.7 Å². The van der Waals surface area contributed by atoms with Gasteiger partial charge in [-0.25, -0.2) is 4.98 Å². The lowest BCUT2D eigenvalue weighted by Crippen LogP contribution is -2.48. The molecule has 0 atom stereocenters. The summed E-state index contributed by atoms with van der Waals surface area (Å²) in [6, 6.07) is 15.4. The molecule has 1 amide bonds. The number of hydrogen-bond acceptors (Lipinski definition) is 3. The average Bonchev–Trinajstić information content (AvgIpc) is 3.09. The summed E-state index contributed by atoms with van der Waals surface area (Å²) in [5.41, 5.74) is 5.14. The maximum absolute atomic E-state index is 13.0. The largest absolute Gasteiger partial charge is 0.340 e. The number of halogens is 1. The highest BCUT2D eigenvalue weighted by molar-refractivity contribution is 6.32. The molecule has 1 aliphatic heterocycles. The first-order valence-electron chi connectivity index (χ1n) is 10.0. The molecule has 30 heavy (non-hydrogen) atoms. The van der Waals surface area contributed by atoms with Gasteiger partial charge in [-0.15, -0.1) is 0 Å². The summed E-state index contributed by atoms with van der Waals surface area (Å²) in [6.07, 6.45) is 0. The molecule has 1 N–H and O–H groups in total. The molecule has 152 valence electrons. The van der Waals surface area contributed by atoms with Crippen molar-refractivity contribution in [2.75, 3.05) is 13.1 Å². The molecule has 1 aliphatic rings. The van der Waals surface area contributed by atoms with E-state index in [-0.39, 0.29) is 11.8 Å². The molecule has 6 heteroatoms. The Labute approximate surface area is 181 Å². The number of rotatable bonds is 4. The first kappa shape index (κ1) is 20.2. The summed E-state index contributed by atoms with van der Waals surface area (Å²) in [6.45, 7) is 7.46. The van der Waals surface area contributed by atoms with E-state index in [1.807, 2.05) is 54.3 Å². The summed E-state index contributed by atoms with van der Waals surface area (Å²) >= 11 is 6.38. The van der Waals surface area contributed by atoms with Gasteiger partial charge in [0.2, 0.25) is 0 Å². The van der Waals surface area contributed by atoms with Gasteiger partial charge < -0.3 is 9.88 Å². The molecular weight excluding hydrogens is 396 g/mol. The molecule has 0 unspecified atom stereocenters. The highest BCUT2D eigenvalue weighted by atomic mass is 35.5. The summed E-state index contributed by atoms with van der Waals surface area (Å²) in [7, 11) is 0. The van der Waals surface area contributed by atoms with Crippen molar-refractivity contribution >= 4 is 17.5 Å². The van der Waals surface area contributed by atoms with Crippen molar-refractivity contribution in [1.82, 2.24) is 14.9 Å². The predicted octanol–water partition coefficient (Wildman–Crippen LogP) is 5.27. The summed E-state index contributed by atoms with van der Waals surface area (Å²) < 4.78 is 0. The van der Waals surface area contributed by atoms with Gasteiger partial charge in [0.15, 0.2) is 5.15 Å². The molecule has 1 aromatic heterocycles. The number of hydrogen-bond donors (Lipinski definition) is 1. The van der Waals surface area contributed by atoms with E-state index in [0.717, 1.165) is 28.2 Å². The van der Waals surface area contributed by atoms with Gasteiger partial charge in [0.1, 0.15) is 5.82 Å². The molecule has 0 bridgehead atoms. The first-order valence-corrected chi connectivity index (χ1v) is 10.4. The summed E-state index contributed by atoms with van der Waals surface area (Å²) in [5.74, 6) is 1.39. The third-order valence-electron chi connectivity index (χ3n) is 5.66. The minimum atomic E-state index is 0.0147. The number of nitrogens with zero attached hydrogens (tertiary/aromatic N) is 3. The van der Waals surface area contributed by atoms with Crippen LogP contribution < -0.4 is 0 Å². The van der Waals surface area contributed by atoms with Gasteiger partial charge in [-0.1, -0.05) is 43.6 Å². The molecule has 0 aliphatic carbocycles. The second-order valence-electron chi connectivity index (χ2n) is 8.11. The zero-order valence-electron chi connectivity index (χ0n) is 17.2. The van der Waals surface area contributed by atoms with Crippen molar-refractivity contribution in [2.45, 2.75) is 32.6 Å². The number of carbonyl (C=O) groups excluding carboxylic acids is 1. The molecule has 2 aromatic carbocycles. The Hall–Kier alpha value is -3.10. The fourth-order valence-electron chi connectivity index (χ4n) is 3.71. The first-order chi connectivity index (χ1) is 14.4. The zero-order chi connectivity index (χ0) is 21.4. The minimum absolute atomic E-state index is 0.0147. The molecule has 2 heterocycles. The van der Waals surface area contributed by atoms with E-state index >= 15 is 0 Å². The zero-order valence-corrected chi connectivity index (χ0v) is 18.0. The number of benzene rings is 2. The molecule has 3 aromatic rings. The topological polar surface area (TPSA) is 72.8 Å². The molecule has 1 fully saturated rings. The van der Waals surface area contributed by atoms with Gasteiger partial charge in [-0.2, -0.15) is 5.26 Å². The van der Waals surface area contributed by atoms with E-state index in [2.05, 4.69) is 29.9 Å². The Morgan fingerprint density at radius 1 is 1.23 bits per heavy atom. The third-order valence-corrected chi connectivity index (χ3v) is 5.93. The maximum atomic E-state index is 13.0. The quantitative estimate of drug-likeness (QED) is 0.626. The van der Waals surface area contributed by atoms with Crippen molar-refractivity contribution in [3.63, 3.8) is 0 Å². The lowest BCUT2D eigenvalue weighted by atomic mass is 9.90. The van der Waals surface area contributed by atoms with Crippen LogP contribution in [0.2, 0.25) is 5.15 Å². The van der Waals surface area contributed by atoms with Crippen LogP contribution in [-0.4, -0.2) is 33.9 Å². The summed E-state index contributed by atoms with van der Waals surface area (Å²) in [5, 5.41) is 9.36. The van der Waals surface area contributed by atoms with E-state index in [1.54, 1.807) is 0 Å². The number of H-pyrrole nitrogens is 1. The lowest BCUT2D eigenvalue weighted by Gasteiger charge is -2.39. The highest BCUT2D eigenvalue weighted by Gasteiger charge is 2.32. The van der Waals surface area contributed by atoms with E-state index < -0.39 is 0 Å². The number of imidazole rings is 1. The van der Waals surface area contributed by atoms with E-state index in [9.17, 15) is 4.79 Å². The van der Waals surface area contributed by atoms with Crippen LogP contribution in [0.25, 0.3) is 11.3 Å². The minimum Gasteiger partial charge on any atom is -0.340 e. The number of likely N-dealkylation sites (tertiary alicyclic amines) is 1. The second kappa shape index (κ2) is 7.97. The van der Waals surface area contributed by atoms with Gasteiger partial charge in [0.25, 0.3) is 5.91 Å². The van der Waals surface area contributed by atoms with Crippen LogP contribution >= 0.6 is 11.6 Å². The Kier molecular flexibility index (Phi) is 5.36. The van der Waals surface area contributed by atoms with Crippen LogP contribution in [0.3, 0.4) is 0 Å². The van der Waals surface area contributed by atoms with Crippen molar-refractivity contribution in [3.8, 4) is 17.3 Å². The number of amides is 1. The van der Waals surface area contributed by atoms with Crippen molar-refractivity contribution in [1.29, 1.82) is 5.26 Å². The van der Waals surface area contributed by atoms with Gasteiger partial charge in [0.05, 0.1) is 17.3 Å². The molecule has 0 radical (unpaired) electrons. The fraction of sp³-hybridized carbons (Fsp3) is 0.292. The maximum Gasteiger partial charge on any atom is 0.253 e. The van der Waals surface area contributed by atoms with Crippen LogP contribution in [0, 0.1) is 18.3 Å². The van der Waals surface area contributed by atoms with E-state index in [4.69, 9.17) is 16.9 Å². The van der Waals surface area contributed by atoms with Gasteiger partial charge in [0, 0.05) is 36.1 Å². The van der Waals surface area contributed by atoms with Gasteiger partial charge >= 0.3 is 0 Å². The lowest BCUT2D eigenvalue weighted by molar-refractivity contribution is 0.0602. The third kappa shape index (κ3) is 3.71. The normalized spacial score (nSPS) is 13.9. The molecule has 5 nitrogen and oxygen atoms in total. The molecule has 1 saturated heterocycles. The smallest absolute Gasteiger partial charge is 0.253 e. The van der Waals surface area contributed by atoms with Crippen molar-refractivity contribution < 1.29 is 4.79 Å². The fourth-order valence-corrected chi connectivity index (χ4v) is 3.95. The Morgan fingerprint density at radius 2 is 1.93 bits per heavy atom. The SMILES string of the molecule is Cc1ccc(C(=O)N2CC(c3ccc(C#N)cc3)C2)cc1-c1[nH]c(C(C)C)nc1Cl.